The van der Waals surface area contributed by atoms with Gasteiger partial charge in [0, 0.05) is 12.3 Å². The van der Waals surface area contributed by atoms with Crippen molar-refractivity contribution in [3.63, 3.8) is 0 Å². The molecule has 1 fully saturated rings. The Morgan fingerprint density at radius 2 is 2.38 bits per heavy atom. The van der Waals surface area contributed by atoms with Gasteiger partial charge in [0.05, 0.1) is 18.5 Å². The topological polar surface area (TPSA) is 55.1 Å². The molecule has 1 saturated carbocycles. The van der Waals surface area contributed by atoms with Crippen LogP contribution in [0.15, 0.2) is 23.4 Å². The summed E-state index contributed by atoms with van der Waals surface area (Å²) in [5.74, 6) is 0. The zero-order chi connectivity index (χ0) is 9.31. The molecule has 2 rings (SSSR count). The van der Waals surface area contributed by atoms with Gasteiger partial charge < -0.3 is 5.11 Å². The standard InChI is InChI=1S/C9H12N2O2/c12-8-2-5-10-7-11(8)6-9(13)3-1-4-9/h2,5,7,13H,1,3-4,6H2. The highest BCUT2D eigenvalue weighted by Crippen LogP contribution is 2.32. The third-order valence-electron chi connectivity index (χ3n) is 2.54. The van der Waals surface area contributed by atoms with E-state index >= 15 is 0 Å². The predicted octanol–water partition coefficient (Wildman–Crippen LogP) is 0.158. The lowest BCUT2D eigenvalue weighted by molar-refractivity contribution is -0.0482. The number of rotatable bonds is 2. The Hall–Kier alpha value is -1.16. The monoisotopic (exact) mass is 180 g/mol. The van der Waals surface area contributed by atoms with Crippen molar-refractivity contribution in [3.05, 3.63) is 28.9 Å². The summed E-state index contributed by atoms with van der Waals surface area (Å²) in [6.45, 7) is 0.375. The highest BCUT2D eigenvalue weighted by molar-refractivity contribution is 4.91. The Labute approximate surface area is 75.9 Å². The Kier molecular flexibility index (Phi) is 1.92. The van der Waals surface area contributed by atoms with Crippen molar-refractivity contribution in [2.24, 2.45) is 0 Å². The average Bonchev–Trinajstić information content (AvgIpc) is 2.06. The summed E-state index contributed by atoms with van der Waals surface area (Å²) in [5.41, 5.74) is -0.761. The van der Waals surface area contributed by atoms with Crippen LogP contribution in [0.4, 0.5) is 0 Å². The zero-order valence-electron chi connectivity index (χ0n) is 7.31. The number of nitrogens with zero attached hydrogens (tertiary/aromatic N) is 2. The minimum absolute atomic E-state index is 0.102. The van der Waals surface area contributed by atoms with Gasteiger partial charge in [0.15, 0.2) is 0 Å². The van der Waals surface area contributed by atoms with Gasteiger partial charge in [-0.2, -0.15) is 0 Å². The quantitative estimate of drug-likeness (QED) is 0.705. The molecule has 4 nitrogen and oxygen atoms in total. The predicted molar refractivity (Wildman–Crippen MR) is 47.3 cm³/mol. The van der Waals surface area contributed by atoms with E-state index in [2.05, 4.69) is 4.98 Å². The van der Waals surface area contributed by atoms with Gasteiger partial charge in [0.25, 0.3) is 5.56 Å². The van der Waals surface area contributed by atoms with Crippen LogP contribution >= 0.6 is 0 Å². The van der Waals surface area contributed by atoms with Gasteiger partial charge in [-0.05, 0) is 19.3 Å². The normalized spacial score (nSPS) is 19.5. The Balaban J connectivity index is 2.18. The van der Waals surface area contributed by atoms with E-state index in [9.17, 15) is 9.90 Å². The molecule has 0 spiro atoms. The lowest BCUT2D eigenvalue weighted by atomic mass is 9.80. The minimum Gasteiger partial charge on any atom is -0.388 e. The highest BCUT2D eigenvalue weighted by atomic mass is 16.3. The fraction of sp³-hybridized carbons (Fsp3) is 0.556. The summed E-state index contributed by atoms with van der Waals surface area (Å²) in [6.07, 6.45) is 5.55. The van der Waals surface area contributed by atoms with Gasteiger partial charge >= 0.3 is 0 Å². The molecule has 0 saturated heterocycles. The molecule has 0 unspecified atom stereocenters. The van der Waals surface area contributed by atoms with Gasteiger partial charge in [-0.1, -0.05) is 0 Å². The molecular weight excluding hydrogens is 168 g/mol. The summed E-state index contributed by atoms with van der Waals surface area (Å²) in [4.78, 5) is 15.1. The van der Waals surface area contributed by atoms with E-state index in [4.69, 9.17) is 0 Å². The van der Waals surface area contributed by atoms with Crippen molar-refractivity contribution in [1.29, 1.82) is 0 Å². The molecule has 70 valence electrons. The first kappa shape index (κ1) is 8.44. The number of hydrogen-bond acceptors (Lipinski definition) is 3. The lowest BCUT2D eigenvalue weighted by Crippen LogP contribution is -2.43. The molecule has 0 aliphatic heterocycles. The maximum Gasteiger partial charge on any atom is 0.253 e. The van der Waals surface area contributed by atoms with Gasteiger partial charge in [0.2, 0.25) is 0 Å². The SMILES string of the molecule is O=c1ccncn1CC1(O)CCC1. The molecule has 0 atom stereocenters. The number of hydrogen-bond donors (Lipinski definition) is 1. The third-order valence-corrected chi connectivity index (χ3v) is 2.54. The molecule has 1 aliphatic carbocycles. The molecule has 1 N–H and O–H groups in total. The second-order valence-electron chi connectivity index (χ2n) is 3.62. The van der Waals surface area contributed by atoms with E-state index in [1.54, 1.807) is 0 Å². The first-order valence-electron chi connectivity index (χ1n) is 4.42. The van der Waals surface area contributed by atoms with Crippen LogP contribution in [0.3, 0.4) is 0 Å². The fourth-order valence-corrected chi connectivity index (χ4v) is 1.56. The van der Waals surface area contributed by atoms with E-state index in [0.29, 0.717) is 6.54 Å². The Morgan fingerprint density at radius 1 is 1.62 bits per heavy atom. The molecule has 13 heavy (non-hydrogen) atoms. The van der Waals surface area contributed by atoms with Gasteiger partial charge in [-0.15, -0.1) is 0 Å². The molecule has 0 amide bonds. The van der Waals surface area contributed by atoms with Gasteiger partial charge in [0.1, 0.15) is 0 Å². The molecule has 0 bridgehead atoms. The minimum atomic E-state index is -0.660. The number of aliphatic hydroxyl groups is 1. The van der Waals surface area contributed by atoms with E-state index < -0.39 is 5.60 Å². The molecule has 0 aromatic carbocycles. The van der Waals surface area contributed by atoms with Crippen LogP contribution in [-0.2, 0) is 6.54 Å². The van der Waals surface area contributed by atoms with Crippen molar-refractivity contribution in [3.8, 4) is 0 Å². The zero-order valence-corrected chi connectivity index (χ0v) is 7.31. The maximum atomic E-state index is 11.2. The molecule has 1 aliphatic rings. The number of aromatic nitrogens is 2. The van der Waals surface area contributed by atoms with Crippen molar-refractivity contribution in [2.45, 2.75) is 31.4 Å². The van der Waals surface area contributed by atoms with Crippen LogP contribution in [0.2, 0.25) is 0 Å². The Morgan fingerprint density at radius 3 is 2.92 bits per heavy atom. The first-order valence-corrected chi connectivity index (χ1v) is 4.42. The molecule has 1 aromatic rings. The van der Waals surface area contributed by atoms with Crippen LogP contribution in [0.1, 0.15) is 19.3 Å². The second-order valence-corrected chi connectivity index (χ2v) is 3.62. The summed E-state index contributed by atoms with van der Waals surface area (Å²) in [5, 5.41) is 9.80. The van der Waals surface area contributed by atoms with Crippen LogP contribution in [0.25, 0.3) is 0 Å². The molecule has 0 radical (unpaired) electrons. The first-order chi connectivity index (χ1) is 6.20. The summed E-state index contributed by atoms with van der Waals surface area (Å²) in [7, 11) is 0. The smallest absolute Gasteiger partial charge is 0.253 e. The van der Waals surface area contributed by atoms with Crippen LogP contribution in [0.5, 0.6) is 0 Å². The lowest BCUT2D eigenvalue weighted by Gasteiger charge is -2.36. The Bertz CT molecular complexity index is 355. The van der Waals surface area contributed by atoms with Crippen molar-refractivity contribution in [2.75, 3.05) is 0 Å². The van der Waals surface area contributed by atoms with E-state index in [-0.39, 0.29) is 5.56 Å². The molecule has 4 heteroatoms. The van der Waals surface area contributed by atoms with E-state index in [0.717, 1.165) is 19.3 Å². The van der Waals surface area contributed by atoms with Crippen molar-refractivity contribution in [1.82, 2.24) is 9.55 Å². The summed E-state index contributed by atoms with van der Waals surface area (Å²) >= 11 is 0. The molecule has 1 heterocycles. The highest BCUT2D eigenvalue weighted by Gasteiger charge is 2.34. The van der Waals surface area contributed by atoms with Crippen LogP contribution < -0.4 is 5.56 Å². The van der Waals surface area contributed by atoms with E-state index in [1.807, 2.05) is 0 Å². The molecule has 1 aromatic heterocycles. The van der Waals surface area contributed by atoms with Gasteiger partial charge in [-0.3, -0.25) is 9.36 Å². The third kappa shape index (κ3) is 1.62. The summed E-state index contributed by atoms with van der Waals surface area (Å²) < 4.78 is 1.46. The van der Waals surface area contributed by atoms with E-state index in [1.165, 1.54) is 23.2 Å². The summed E-state index contributed by atoms with van der Waals surface area (Å²) in [6, 6.07) is 1.40. The second kappa shape index (κ2) is 2.96. The van der Waals surface area contributed by atoms with Crippen molar-refractivity contribution < 1.29 is 5.11 Å². The van der Waals surface area contributed by atoms with Crippen LogP contribution in [0, 0.1) is 0 Å². The van der Waals surface area contributed by atoms with Crippen LogP contribution in [-0.4, -0.2) is 20.3 Å². The van der Waals surface area contributed by atoms with Gasteiger partial charge in [-0.25, -0.2) is 4.98 Å². The largest absolute Gasteiger partial charge is 0.388 e. The molecular formula is C9H12N2O2. The van der Waals surface area contributed by atoms with Crippen molar-refractivity contribution >= 4 is 0 Å². The maximum absolute atomic E-state index is 11.2. The fourth-order valence-electron chi connectivity index (χ4n) is 1.56. The average molecular weight is 180 g/mol.